The van der Waals surface area contributed by atoms with Crippen LogP contribution in [0.4, 0.5) is 5.82 Å². The van der Waals surface area contributed by atoms with Gasteiger partial charge in [-0.1, -0.05) is 43.9 Å². The summed E-state index contributed by atoms with van der Waals surface area (Å²) in [6.45, 7) is 8.02. The van der Waals surface area contributed by atoms with Crippen LogP contribution in [0, 0.1) is 5.92 Å². The Morgan fingerprint density at radius 3 is 2.63 bits per heavy atom. The van der Waals surface area contributed by atoms with Crippen LogP contribution in [0.2, 0.25) is 0 Å². The summed E-state index contributed by atoms with van der Waals surface area (Å²) in [5.41, 5.74) is 0.859. The SMILES string of the molecule is CC(C)CN1C(=O)/C(=C/c2c(N3CCN(C)CC3)nc3ccccn3c2=O)SC1=S. The predicted octanol–water partition coefficient (Wildman–Crippen LogP) is 2.30. The van der Waals surface area contributed by atoms with Crippen LogP contribution in [0.15, 0.2) is 34.1 Å². The summed E-state index contributed by atoms with van der Waals surface area (Å²) in [5, 5.41) is 0. The third-order valence-corrected chi connectivity index (χ3v) is 6.63. The van der Waals surface area contributed by atoms with Crippen LogP contribution in [0.5, 0.6) is 0 Å². The monoisotopic (exact) mass is 443 g/mol. The number of hydrogen-bond donors (Lipinski definition) is 0. The topological polar surface area (TPSA) is 61.2 Å². The highest BCUT2D eigenvalue weighted by molar-refractivity contribution is 8.26. The molecule has 2 aromatic rings. The Labute approximate surface area is 185 Å². The highest BCUT2D eigenvalue weighted by Gasteiger charge is 2.33. The van der Waals surface area contributed by atoms with E-state index < -0.39 is 0 Å². The first-order valence-corrected chi connectivity index (χ1v) is 11.3. The molecule has 0 spiro atoms. The minimum atomic E-state index is -0.177. The molecule has 2 aliphatic rings. The van der Waals surface area contributed by atoms with Gasteiger partial charge < -0.3 is 9.80 Å². The Hall–Kier alpha value is -2.23. The minimum Gasteiger partial charge on any atom is -0.353 e. The van der Waals surface area contributed by atoms with Crippen molar-refractivity contribution in [3.05, 3.63) is 45.2 Å². The Balaban J connectivity index is 1.81. The number of thiocarbonyl (C=S) groups is 1. The first-order chi connectivity index (χ1) is 14.3. The first kappa shape index (κ1) is 21.0. The second-order valence-electron chi connectivity index (χ2n) is 8.06. The number of aromatic nitrogens is 2. The highest BCUT2D eigenvalue weighted by atomic mass is 32.2. The number of likely N-dealkylation sites (N-methyl/N-ethyl adjacent to an activating group) is 1. The van der Waals surface area contributed by atoms with Crippen molar-refractivity contribution in [3.8, 4) is 0 Å². The normalized spacial score (nSPS) is 19.7. The van der Waals surface area contributed by atoms with Crippen molar-refractivity contribution in [2.24, 2.45) is 5.92 Å². The van der Waals surface area contributed by atoms with Gasteiger partial charge in [0.2, 0.25) is 0 Å². The second kappa shape index (κ2) is 8.49. The van der Waals surface area contributed by atoms with E-state index in [0.29, 0.717) is 38.7 Å². The van der Waals surface area contributed by atoms with Gasteiger partial charge in [-0.25, -0.2) is 4.98 Å². The molecule has 158 valence electrons. The molecule has 9 heteroatoms. The summed E-state index contributed by atoms with van der Waals surface area (Å²) < 4.78 is 2.07. The number of carbonyl (C=O) groups excluding carboxylic acids is 1. The largest absolute Gasteiger partial charge is 0.353 e. The summed E-state index contributed by atoms with van der Waals surface area (Å²) in [4.78, 5) is 37.6. The number of thioether (sulfide) groups is 1. The molecule has 0 aliphatic carbocycles. The molecule has 0 bridgehead atoms. The Kier molecular flexibility index (Phi) is 5.95. The molecule has 2 fully saturated rings. The lowest BCUT2D eigenvalue weighted by Crippen LogP contribution is -2.45. The van der Waals surface area contributed by atoms with Gasteiger partial charge in [-0.15, -0.1) is 0 Å². The van der Waals surface area contributed by atoms with Crippen LogP contribution in [-0.2, 0) is 4.79 Å². The lowest BCUT2D eigenvalue weighted by atomic mass is 10.2. The summed E-state index contributed by atoms with van der Waals surface area (Å²) in [7, 11) is 2.08. The van der Waals surface area contributed by atoms with E-state index in [2.05, 4.69) is 16.8 Å². The minimum absolute atomic E-state index is 0.138. The van der Waals surface area contributed by atoms with Gasteiger partial charge in [0.15, 0.2) is 0 Å². The lowest BCUT2D eigenvalue weighted by Gasteiger charge is -2.34. The predicted molar refractivity (Wildman–Crippen MR) is 126 cm³/mol. The molecule has 4 heterocycles. The third kappa shape index (κ3) is 4.01. The third-order valence-electron chi connectivity index (χ3n) is 5.25. The number of carbonyl (C=O) groups is 1. The van der Waals surface area contributed by atoms with Gasteiger partial charge >= 0.3 is 0 Å². The van der Waals surface area contributed by atoms with Gasteiger partial charge in [0.1, 0.15) is 15.8 Å². The number of rotatable bonds is 4. The Bertz CT molecular complexity index is 1090. The number of fused-ring (bicyclic) bond motifs is 1. The maximum Gasteiger partial charge on any atom is 0.267 e. The summed E-state index contributed by atoms with van der Waals surface area (Å²) in [6.07, 6.45) is 3.39. The maximum atomic E-state index is 13.4. The van der Waals surface area contributed by atoms with Crippen LogP contribution in [-0.4, -0.2) is 69.2 Å². The zero-order valence-corrected chi connectivity index (χ0v) is 19.0. The van der Waals surface area contributed by atoms with Crippen LogP contribution in [0.25, 0.3) is 11.7 Å². The van der Waals surface area contributed by atoms with Crippen molar-refractivity contribution in [2.75, 3.05) is 44.7 Å². The van der Waals surface area contributed by atoms with Gasteiger partial charge in [0.25, 0.3) is 11.5 Å². The standard InChI is InChI=1S/C21H25N5O2S2/c1-14(2)13-26-20(28)16(30-21(26)29)12-15-18(24-10-8-23(3)9-11-24)22-17-6-4-5-7-25(17)19(15)27/h4-7,12,14H,8-11,13H2,1-3H3/b16-12-. The van der Waals surface area contributed by atoms with Crippen molar-refractivity contribution in [3.63, 3.8) is 0 Å². The summed E-state index contributed by atoms with van der Waals surface area (Å²) in [6, 6.07) is 5.50. The van der Waals surface area contributed by atoms with E-state index in [0.717, 1.165) is 26.2 Å². The fourth-order valence-corrected chi connectivity index (χ4v) is 4.89. The maximum absolute atomic E-state index is 13.4. The number of pyridine rings is 1. The fraction of sp³-hybridized carbons (Fsp3) is 0.429. The smallest absolute Gasteiger partial charge is 0.267 e. The van der Waals surface area contributed by atoms with E-state index >= 15 is 0 Å². The van der Waals surface area contributed by atoms with Crippen LogP contribution in [0.1, 0.15) is 19.4 Å². The number of amides is 1. The zero-order chi connectivity index (χ0) is 21.4. The van der Waals surface area contributed by atoms with Crippen molar-refractivity contribution in [2.45, 2.75) is 13.8 Å². The average Bonchev–Trinajstić information content (AvgIpc) is 2.97. The van der Waals surface area contributed by atoms with Crippen molar-refractivity contribution in [1.29, 1.82) is 0 Å². The van der Waals surface area contributed by atoms with E-state index in [9.17, 15) is 9.59 Å². The molecule has 30 heavy (non-hydrogen) atoms. The van der Waals surface area contributed by atoms with Gasteiger partial charge in [-0.2, -0.15) is 0 Å². The number of piperazine rings is 1. The molecular formula is C21H25N5O2S2. The molecule has 0 aromatic carbocycles. The molecule has 0 unspecified atom stereocenters. The molecule has 2 aromatic heterocycles. The molecule has 1 amide bonds. The van der Waals surface area contributed by atoms with Crippen LogP contribution < -0.4 is 10.5 Å². The molecule has 4 rings (SSSR count). The van der Waals surface area contributed by atoms with Gasteiger partial charge in [-0.3, -0.25) is 18.9 Å². The van der Waals surface area contributed by atoms with E-state index in [1.165, 1.54) is 16.2 Å². The van der Waals surface area contributed by atoms with E-state index in [4.69, 9.17) is 17.2 Å². The van der Waals surface area contributed by atoms with Gasteiger partial charge in [0, 0.05) is 38.9 Å². The number of hydrogen-bond acceptors (Lipinski definition) is 7. The number of nitrogens with zero attached hydrogens (tertiary/aromatic N) is 5. The molecule has 7 nitrogen and oxygen atoms in total. The molecular weight excluding hydrogens is 418 g/mol. The quantitative estimate of drug-likeness (QED) is 0.531. The second-order valence-corrected chi connectivity index (χ2v) is 9.74. The molecule has 0 atom stereocenters. The van der Waals surface area contributed by atoms with Crippen LogP contribution >= 0.6 is 24.0 Å². The summed E-state index contributed by atoms with van der Waals surface area (Å²) in [5.74, 6) is 0.801. The van der Waals surface area contributed by atoms with Crippen LogP contribution in [0.3, 0.4) is 0 Å². The van der Waals surface area contributed by atoms with Crippen molar-refractivity contribution in [1.82, 2.24) is 19.2 Å². The van der Waals surface area contributed by atoms with Gasteiger partial charge in [-0.05, 0) is 31.2 Å². The van der Waals surface area contributed by atoms with E-state index in [1.54, 1.807) is 23.2 Å². The molecule has 0 saturated carbocycles. The highest BCUT2D eigenvalue weighted by Crippen LogP contribution is 2.34. The zero-order valence-electron chi connectivity index (χ0n) is 17.4. The molecule has 2 aliphatic heterocycles. The number of anilines is 1. The Morgan fingerprint density at radius 1 is 1.20 bits per heavy atom. The Morgan fingerprint density at radius 2 is 1.93 bits per heavy atom. The van der Waals surface area contributed by atoms with Gasteiger partial charge in [0.05, 0.1) is 10.5 Å². The fourth-order valence-electron chi connectivity index (χ4n) is 3.63. The average molecular weight is 444 g/mol. The van der Waals surface area contributed by atoms with E-state index in [-0.39, 0.29) is 11.5 Å². The van der Waals surface area contributed by atoms with Crippen molar-refractivity contribution < 1.29 is 4.79 Å². The first-order valence-electron chi connectivity index (χ1n) is 10.1. The molecule has 2 saturated heterocycles. The summed E-state index contributed by atoms with van der Waals surface area (Å²) >= 11 is 6.68. The molecule has 0 radical (unpaired) electrons. The molecule has 0 N–H and O–H groups in total. The van der Waals surface area contributed by atoms with E-state index in [1.807, 2.05) is 26.0 Å². The van der Waals surface area contributed by atoms with Crippen molar-refractivity contribution >= 4 is 51.7 Å². The lowest BCUT2D eigenvalue weighted by molar-refractivity contribution is -0.122.